The first-order valence-electron chi connectivity index (χ1n) is 17.7. The van der Waals surface area contributed by atoms with Gasteiger partial charge in [0, 0.05) is 49.1 Å². The maximum atomic E-state index is 12.4. The summed E-state index contributed by atoms with van der Waals surface area (Å²) in [5.74, 6) is 1.62. The standard InChI is InChI=1S/C40H65NO5S2/c1-7-8-9-10-11-12-13-14-15-16-17-18-19-20-21-22-23-24-30-37(44)41-31-33-48-47-32-26-28-35(42)27-25-29-36(43)38(45)40(5,6)34-46-39(2,3)4/h8-9,11-12,14-15,17-18,20-21,23-24,38,45H,7,10,13,16,19,22,25-34H2,1-6H3,(H,41,44)/b9-8-,12-11-,15-14-,18-17-,21-20-,24-23-/t38-/m0/s1. The zero-order chi connectivity index (χ0) is 35.9. The molecule has 48 heavy (non-hydrogen) atoms. The van der Waals surface area contributed by atoms with E-state index in [1.54, 1.807) is 21.6 Å². The lowest BCUT2D eigenvalue weighted by atomic mass is 9.83. The third-order valence-corrected chi connectivity index (χ3v) is 9.47. The first-order chi connectivity index (χ1) is 22.9. The van der Waals surface area contributed by atoms with Crippen LogP contribution >= 0.6 is 21.6 Å². The van der Waals surface area contributed by atoms with Crippen molar-refractivity contribution in [2.24, 2.45) is 5.41 Å². The van der Waals surface area contributed by atoms with E-state index >= 15 is 0 Å². The van der Waals surface area contributed by atoms with E-state index in [-0.39, 0.29) is 36.1 Å². The summed E-state index contributed by atoms with van der Waals surface area (Å²) < 4.78 is 5.76. The number of aliphatic hydroxyl groups excluding tert-OH is 1. The Bertz CT molecular complexity index is 1050. The molecule has 0 aliphatic carbocycles. The fourth-order valence-corrected chi connectivity index (χ4v) is 6.10. The number of ether oxygens (including phenoxy) is 1. The third kappa shape index (κ3) is 30.0. The van der Waals surface area contributed by atoms with Gasteiger partial charge in [-0.15, -0.1) is 0 Å². The van der Waals surface area contributed by atoms with Crippen molar-refractivity contribution in [2.45, 2.75) is 130 Å². The second-order valence-electron chi connectivity index (χ2n) is 13.4. The van der Waals surface area contributed by atoms with E-state index in [9.17, 15) is 19.5 Å². The lowest BCUT2D eigenvalue weighted by Crippen LogP contribution is -2.41. The van der Waals surface area contributed by atoms with Gasteiger partial charge in [0.25, 0.3) is 0 Å². The molecule has 0 bridgehead atoms. The molecule has 0 spiro atoms. The number of aliphatic hydroxyl groups is 1. The first-order valence-corrected chi connectivity index (χ1v) is 20.2. The Morgan fingerprint density at radius 1 is 0.688 bits per heavy atom. The number of amides is 1. The van der Waals surface area contributed by atoms with Crippen LogP contribution in [0.5, 0.6) is 0 Å². The third-order valence-electron chi connectivity index (χ3n) is 6.98. The van der Waals surface area contributed by atoms with E-state index in [1.165, 1.54) is 0 Å². The van der Waals surface area contributed by atoms with Crippen LogP contribution in [0.4, 0.5) is 0 Å². The molecule has 1 atom stereocenters. The summed E-state index contributed by atoms with van der Waals surface area (Å²) in [5, 5.41) is 13.4. The lowest BCUT2D eigenvalue weighted by Gasteiger charge is -2.32. The number of allylic oxidation sites excluding steroid dienone is 11. The topological polar surface area (TPSA) is 92.7 Å². The zero-order valence-electron chi connectivity index (χ0n) is 30.7. The van der Waals surface area contributed by atoms with Crippen LogP contribution in [0.15, 0.2) is 72.9 Å². The van der Waals surface area contributed by atoms with E-state index in [1.807, 2.05) is 46.8 Å². The van der Waals surface area contributed by atoms with Gasteiger partial charge in [0.15, 0.2) is 5.78 Å². The van der Waals surface area contributed by atoms with Gasteiger partial charge < -0.3 is 15.2 Å². The molecule has 0 unspecified atom stereocenters. The van der Waals surface area contributed by atoms with E-state index < -0.39 is 11.5 Å². The fourth-order valence-electron chi connectivity index (χ4n) is 4.10. The maximum Gasteiger partial charge on any atom is 0.223 e. The molecular weight excluding hydrogens is 639 g/mol. The molecule has 6 nitrogen and oxygen atoms in total. The fraction of sp³-hybridized carbons (Fsp3) is 0.625. The smallest absolute Gasteiger partial charge is 0.223 e. The number of ketones is 2. The van der Waals surface area contributed by atoms with Crippen molar-refractivity contribution < 1.29 is 24.2 Å². The van der Waals surface area contributed by atoms with Crippen molar-refractivity contribution in [1.82, 2.24) is 5.32 Å². The number of nitrogens with one attached hydrogen (secondary N) is 1. The predicted molar refractivity (Wildman–Crippen MR) is 209 cm³/mol. The molecule has 0 rings (SSSR count). The summed E-state index contributed by atoms with van der Waals surface area (Å²) in [4.78, 5) is 36.7. The summed E-state index contributed by atoms with van der Waals surface area (Å²) in [5.41, 5.74) is -1.02. The molecule has 0 saturated heterocycles. The summed E-state index contributed by atoms with van der Waals surface area (Å²) in [6.07, 6.45) is 33.1. The highest BCUT2D eigenvalue weighted by atomic mass is 33.1. The largest absolute Gasteiger partial charge is 0.385 e. The van der Waals surface area contributed by atoms with Crippen molar-refractivity contribution in [3.63, 3.8) is 0 Å². The molecule has 272 valence electrons. The molecule has 1 amide bonds. The first kappa shape index (κ1) is 45.9. The number of Topliss-reactive ketones (excluding diaryl/α,β-unsaturated/α-hetero) is 2. The Hall–Kier alpha value is -2.13. The van der Waals surface area contributed by atoms with Gasteiger partial charge in [0.05, 0.1) is 12.2 Å². The van der Waals surface area contributed by atoms with Crippen molar-refractivity contribution in [3.8, 4) is 0 Å². The number of carbonyl (C=O) groups excluding carboxylic acids is 3. The van der Waals surface area contributed by atoms with Crippen molar-refractivity contribution >= 4 is 39.1 Å². The molecule has 0 aliphatic rings. The average Bonchev–Trinajstić information content (AvgIpc) is 3.03. The van der Waals surface area contributed by atoms with Crippen LogP contribution < -0.4 is 5.32 Å². The molecule has 0 aliphatic heterocycles. The summed E-state index contributed by atoms with van der Waals surface area (Å²) in [7, 11) is 3.41. The Morgan fingerprint density at radius 2 is 1.17 bits per heavy atom. The molecular formula is C40H65NO5S2. The maximum absolute atomic E-state index is 12.4. The minimum absolute atomic E-state index is 0.0269. The van der Waals surface area contributed by atoms with Gasteiger partial charge in [-0.1, -0.05) is 115 Å². The molecule has 0 radical (unpaired) electrons. The van der Waals surface area contributed by atoms with Gasteiger partial charge >= 0.3 is 0 Å². The molecule has 8 heteroatoms. The normalized spacial score (nSPS) is 13.7. The predicted octanol–water partition coefficient (Wildman–Crippen LogP) is 9.86. The Balaban J connectivity index is 3.75. The number of carbonyl (C=O) groups is 3. The molecule has 0 saturated carbocycles. The van der Waals surface area contributed by atoms with Gasteiger partial charge in [0.1, 0.15) is 11.9 Å². The minimum Gasteiger partial charge on any atom is -0.385 e. The average molecular weight is 704 g/mol. The summed E-state index contributed by atoms with van der Waals surface area (Å²) in [6.45, 7) is 12.5. The summed E-state index contributed by atoms with van der Waals surface area (Å²) in [6, 6.07) is 0. The van der Waals surface area contributed by atoms with Gasteiger partial charge in [-0.05, 0) is 72.1 Å². The zero-order valence-corrected chi connectivity index (χ0v) is 32.3. The van der Waals surface area contributed by atoms with Gasteiger partial charge in [-0.25, -0.2) is 0 Å². The monoisotopic (exact) mass is 703 g/mol. The molecule has 0 fully saturated rings. The van der Waals surface area contributed by atoms with Crippen molar-refractivity contribution in [1.29, 1.82) is 0 Å². The number of hydrogen-bond donors (Lipinski definition) is 2. The van der Waals surface area contributed by atoms with Crippen LogP contribution in [0.2, 0.25) is 0 Å². The van der Waals surface area contributed by atoms with E-state index in [4.69, 9.17) is 4.74 Å². The van der Waals surface area contributed by atoms with Crippen molar-refractivity contribution in [3.05, 3.63) is 72.9 Å². The molecule has 2 N–H and O–H groups in total. The number of hydrogen-bond acceptors (Lipinski definition) is 7. The number of rotatable bonds is 29. The van der Waals surface area contributed by atoms with E-state index in [0.717, 1.165) is 56.5 Å². The molecule has 0 aromatic carbocycles. The SMILES string of the molecule is CC/C=C\C/C=C\C/C=C\C/C=C\C/C=C\C/C=C\CC(=O)NCCSSCCCC(=O)CCCC(=O)[C@H](O)C(C)(C)COC(C)(C)C. The lowest BCUT2D eigenvalue weighted by molar-refractivity contribution is -0.140. The minimum atomic E-state index is -1.11. The highest BCUT2D eigenvalue weighted by Gasteiger charge is 2.34. The molecule has 0 heterocycles. The van der Waals surface area contributed by atoms with Crippen LogP contribution in [0.3, 0.4) is 0 Å². The highest BCUT2D eigenvalue weighted by molar-refractivity contribution is 8.76. The van der Waals surface area contributed by atoms with Gasteiger partial charge in [-0.3, -0.25) is 14.4 Å². The Kier molecular flexibility index (Phi) is 28.4. The van der Waals surface area contributed by atoms with Gasteiger partial charge in [0.2, 0.25) is 5.91 Å². The Labute approximate surface area is 300 Å². The second kappa shape index (κ2) is 29.8. The van der Waals surface area contributed by atoms with Crippen molar-refractivity contribution in [2.75, 3.05) is 24.7 Å². The quantitative estimate of drug-likeness (QED) is 0.0455. The summed E-state index contributed by atoms with van der Waals surface area (Å²) >= 11 is 0. The van der Waals surface area contributed by atoms with Crippen LogP contribution in [0, 0.1) is 5.41 Å². The highest BCUT2D eigenvalue weighted by Crippen LogP contribution is 2.26. The molecule has 0 aromatic rings. The van der Waals surface area contributed by atoms with Crippen LogP contribution in [-0.2, 0) is 19.1 Å². The molecule has 0 aromatic heterocycles. The van der Waals surface area contributed by atoms with Crippen LogP contribution in [-0.4, -0.2) is 58.9 Å². The van der Waals surface area contributed by atoms with Crippen LogP contribution in [0.1, 0.15) is 119 Å². The van der Waals surface area contributed by atoms with Crippen LogP contribution in [0.25, 0.3) is 0 Å². The second-order valence-corrected chi connectivity index (χ2v) is 16.1. The van der Waals surface area contributed by atoms with E-state index in [2.05, 4.69) is 73.0 Å². The Morgan fingerprint density at radius 3 is 1.69 bits per heavy atom. The van der Waals surface area contributed by atoms with E-state index in [0.29, 0.717) is 32.2 Å². The van der Waals surface area contributed by atoms with Gasteiger partial charge in [-0.2, -0.15) is 0 Å².